The molecule has 5 heterocycles. The van der Waals surface area contributed by atoms with Crippen LogP contribution in [-0.4, -0.2) is 45.3 Å². The number of fused-ring (bicyclic) bond motifs is 2. The Morgan fingerprint density at radius 3 is 2.85 bits per heavy atom. The molecule has 0 aliphatic carbocycles. The minimum Gasteiger partial charge on any atom is -0.490 e. The van der Waals surface area contributed by atoms with Gasteiger partial charge in [-0.15, -0.1) is 11.3 Å². The van der Waals surface area contributed by atoms with Gasteiger partial charge in [0, 0.05) is 19.5 Å². The summed E-state index contributed by atoms with van der Waals surface area (Å²) < 4.78 is 13.6. The van der Waals surface area contributed by atoms with Crippen LogP contribution in [0.3, 0.4) is 0 Å². The van der Waals surface area contributed by atoms with Gasteiger partial charge in [-0.3, -0.25) is 4.79 Å². The quantitative estimate of drug-likeness (QED) is 0.400. The SMILES string of the molecule is CCn1ncc2c(C(=O)N3CCCC3c3ccc4c(c3)OCCCO4)cc(-c3cccs3)nc21. The monoisotopic (exact) mass is 474 g/mol. The lowest BCUT2D eigenvalue weighted by Gasteiger charge is -2.26. The van der Waals surface area contributed by atoms with Gasteiger partial charge in [0.25, 0.3) is 5.91 Å². The van der Waals surface area contributed by atoms with Gasteiger partial charge < -0.3 is 14.4 Å². The molecule has 0 spiro atoms. The lowest BCUT2D eigenvalue weighted by Crippen LogP contribution is -2.30. The Hall–Kier alpha value is -3.39. The van der Waals surface area contributed by atoms with Crippen molar-refractivity contribution in [1.82, 2.24) is 19.7 Å². The lowest BCUT2D eigenvalue weighted by molar-refractivity contribution is 0.0737. The standard InChI is InChI=1S/C26H26N4O3S/c1-2-30-25-19(16-27-30)18(15-20(28-25)24-7-4-13-34-24)26(31)29-10-3-6-21(29)17-8-9-22-23(14-17)33-12-5-11-32-22/h4,7-9,13-16,21H,2-3,5-6,10-12H2,1H3. The number of ether oxygens (including phenoxy) is 2. The molecular weight excluding hydrogens is 448 g/mol. The largest absolute Gasteiger partial charge is 0.490 e. The Kier molecular flexibility index (Phi) is 5.45. The average Bonchev–Trinajstić information content (AvgIpc) is 3.61. The molecule has 1 fully saturated rings. The normalized spacial score (nSPS) is 17.8. The van der Waals surface area contributed by atoms with Crippen molar-refractivity contribution in [3.63, 3.8) is 0 Å². The molecule has 8 heteroatoms. The van der Waals surface area contributed by atoms with Gasteiger partial charge in [-0.1, -0.05) is 12.1 Å². The molecule has 2 aliphatic heterocycles. The van der Waals surface area contributed by atoms with Crippen LogP contribution in [0, 0.1) is 0 Å². The maximum atomic E-state index is 14.0. The summed E-state index contributed by atoms with van der Waals surface area (Å²) in [6.07, 6.45) is 4.53. The van der Waals surface area contributed by atoms with E-state index in [9.17, 15) is 4.79 Å². The summed E-state index contributed by atoms with van der Waals surface area (Å²) in [4.78, 5) is 21.9. The van der Waals surface area contributed by atoms with Gasteiger partial charge in [0.05, 0.1) is 47.0 Å². The van der Waals surface area contributed by atoms with Crippen molar-refractivity contribution in [2.45, 2.75) is 38.8 Å². The minimum atomic E-state index is -0.000670. The fourth-order valence-corrected chi connectivity index (χ4v) is 5.59. The Bertz CT molecular complexity index is 1350. The summed E-state index contributed by atoms with van der Waals surface area (Å²) >= 11 is 1.62. The molecule has 4 aromatic rings. The lowest BCUT2D eigenvalue weighted by atomic mass is 10.0. The van der Waals surface area contributed by atoms with Crippen molar-refractivity contribution in [1.29, 1.82) is 0 Å². The van der Waals surface area contributed by atoms with E-state index in [1.165, 1.54) is 0 Å². The van der Waals surface area contributed by atoms with E-state index >= 15 is 0 Å². The van der Waals surface area contributed by atoms with Crippen LogP contribution in [0.25, 0.3) is 21.6 Å². The number of nitrogens with zero attached hydrogens (tertiary/aromatic N) is 4. The van der Waals surface area contributed by atoms with E-state index in [4.69, 9.17) is 14.5 Å². The number of pyridine rings is 1. The first-order chi connectivity index (χ1) is 16.7. The zero-order valence-corrected chi connectivity index (χ0v) is 19.9. The highest BCUT2D eigenvalue weighted by atomic mass is 32.1. The highest BCUT2D eigenvalue weighted by Crippen LogP contribution is 2.39. The van der Waals surface area contributed by atoms with Crippen LogP contribution in [0.4, 0.5) is 0 Å². The van der Waals surface area contributed by atoms with Crippen molar-refractivity contribution in [2.24, 2.45) is 0 Å². The van der Waals surface area contributed by atoms with E-state index in [1.807, 2.05) is 52.2 Å². The third-order valence-electron chi connectivity index (χ3n) is 6.58. The van der Waals surface area contributed by atoms with Crippen LogP contribution >= 0.6 is 11.3 Å². The van der Waals surface area contributed by atoms with Gasteiger partial charge >= 0.3 is 0 Å². The molecule has 0 radical (unpaired) electrons. The van der Waals surface area contributed by atoms with Crippen LogP contribution in [0.1, 0.15) is 48.1 Å². The van der Waals surface area contributed by atoms with Crippen molar-refractivity contribution < 1.29 is 14.3 Å². The molecule has 34 heavy (non-hydrogen) atoms. The van der Waals surface area contributed by atoms with E-state index in [2.05, 4.69) is 11.2 Å². The minimum absolute atomic E-state index is 0.000670. The molecule has 1 atom stereocenters. The first-order valence-electron chi connectivity index (χ1n) is 11.8. The summed E-state index contributed by atoms with van der Waals surface area (Å²) in [5.41, 5.74) is 3.31. The zero-order valence-electron chi connectivity index (χ0n) is 19.1. The molecule has 0 saturated carbocycles. The molecule has 0 N–H and O–H groups in total. The summed E-state index contributed by atoms with van der Waals surface area (Å²) in [5.74, 6) is 1.57. The second-order valence-corrected chi connectivity index (χ2v) is 9.59. The molecular formula is C26H26N4O3S. The molecule has 174 valence electrons. The van der Waals surface area contributed by atoms with E-state index in [0.717, 1.165) is 64.5 Å². The number of carbonyl (C=O) groups excluding carboxylic acids is 1. The number of rotatable bonds is 4. The number of carbonyl (C=O) groups is 1. The third kappa shape index (κ3) is 3.62. The highest BCUT2D eigenvalue weighted by molar-refractivity contribution is 7.13. The summed E-state index contributed by atoms with van der Waals surface area (Å²) in [7, 11) is 0. The molecule has 7 nitrogen and oxygen atoms in total. The summed E-state index contributed by atoms with van der Waals surface area (Å²) in [5, 5.41) is 7.33. The van der Waals surface area contributed by atoms with Crippen molar-refractivity contribution in [2.75, 3.05) is 19.8 Å². The second kappa shape index (κ2) is 8.76. The first-order valence-corrected chi connectivity index (χ1v) is 12.7. The number of thiophene rings is 1. The van der Waals surface area contributed by atoms with Crippen molar-refractivity contribution in [3.05, 3.63) is 59.1 Å². The predicted octanol–water partition coefficient (Wildman–Crippen LogP) is 5.32. The molecule has 1 aromatic carbocycles. The fraction of sp³-hybridized carbons (Fsp3) is 0.346. The van der Waals surface area contributed by atoms with Gasteiger partial charge in [0.1, 0.15) is 0 Å². The van der Waals surface area contributed by atoms with Gasteiger partial charge in [-0.2, -0.15) is 5.10 Å². The topological polar surface area (TPSA) is 69.5 Å². The van der Waals surface area contributed by atoms with Gasteiger partial charge in [-0.05, 0) is 55.0 Å². The fourth-order valence-electron chi connectivity index (χ4n) is 4.90. The maximum absolute atomic E-state index is 14.0. The molecule has 0 bridgehead atoms. The zero-order chi connectivity index (χ0) is 23.1. The van der Waals surface area contributed by atoms with Gasteiger partial charge in [0.15, 0.2) is 17.1 Å². The van der Waals surface area contributed by atoms with Crippen molar-refractivity contribution in [3.8, 4) is 22.1 Å². The Morgan fingerprint density at radius 2 is 2.03 bits per heavy atom. The summed E-state index contributed by atoms with van der Waals surface area (Å²) in [6, 6.07) is 12.1. The molecule has 6 rings (SSSR count). The number of likely N-dealkylation sites (tertiary alicyclic amines) is 1. The first kappa shape index (κ1) is 21.2. The number of benzene rings is 1. The molecule has 1 amide bonds. The van der Waals surface area contributed by atoms with E-state index in [1.54, 1.807) is 17.5 Å². The number of hydrogen-bond acceptors (Lipinski definition) is 6. The van der Waals surface area contributed by atoms with E-state index in [0.29, 0.717) is 25.3 Å². The van der Waals surface area contributed by atoms with Crippen LogP contribution in [-0.2, 0) is 6.54 Å². The second-order valence-electron chi connectivity index (χ2n) is 8.64. The van der Waals surface area contributed by atoms with Gasteiger partial charge in [0.2, 0.25) is 0 Å². The Labute approximate surface area is 201 Å². The Balaban J connectivity index is 1.40. The maximum Gasteiger partial charge on any atom is 0.255 e. The Morgan fingerprint density at radius 1 is 1.15 bits per heavy atom. The molecule has 2 aliphatic rings. The van der Waals surface area contributed by atoms with Crippen LogP contribution in [0.2, 0.25) is 0 Å². The van der Waals surface area contributed by atoms with Gasteiger partial charge in [-0.25, -0.2) is 9.67 Å². The van der Waals surface area contributed by atoms with Crippen molar-refractivity contribution >= 4 is 28.3 Å². The summed E-state index contributed by atoms with van der Waals surface area (Å²) in [6.45, 7) is 4.76. The van der Waals surface area contributed by atoms with E-state index in [-0.39, 0.29) is 11.9 Å². The average molecular weight is 475 g/mol. The molecule has 1 unspecified atom stereocenters. The van der Waals surface area contributed by atoms with Crippen LogP contribution in [0.15, 0.2) is 48.0 Å². The number of aromatic nitrogens is 3. The van der Waals surface area contributed by atoms with Crippen LogP contribution in [0.5, 0.6) is 11.5 Å². The predicted molar refractivity (Wildman–Crippen MR) is 132 cm³/mol. The van der Waals surface area contributed by atoms with Crippen LogP contribution < -0.4 is 9.47 Å². The smallest absolute Gasteiger partial charge is 0.255 e. The molecule has 3 aromatic heterocycles. The molecule has 1 saturated heterocycles. The number of aryl methyl sites for hydroxylation is 1. The number of hydrogen-bond donors (Lipinski definition) is 0. The highest BCUT2D eigenvalue weighted by Gasteiger charge is 2.33. The third-order valence-corrected chi connectivity index (χ3v) is 7.48. The van der Waals surface area contributed by atoms with E-state index < -0.39 is 0 Å². The number of amides is 1.